The Hall–Kier alpha value is -2.49. The first-order valence-electron chi connectivity index (χ1n) is 6.64. The molecule has 0 radical (unpaired) electrons. The van der Waals surface area contributed by atoms with E-state index in [0.717, 1.165) is 28.3 Å². The minimum Gasteiger partial charge on any atom is -0.388 e. The lowest BCUT2D eigenvalue weighted by atomic mass is 10.1. The third kappa shape index (κ3) is 2.32. The van der Waals surface area contributed by atoms with Crippen molar-refractivity contribution >= 4 is 28.7 Å². The Morgan fingerprint density at radius 2 is 1.90 bits per heavy atom. The summed E-state index contributed by atoms with van der Waals surface area (Å²) >= 11 is 0. The van der Waals surface area contributed by atoms with Gasteiger partial charge in [-0.1, -0.05) is 12.1 Å². The first kappa shape index (κ1) is 12.5. The number of hydrogen-bond donors (Lipinski definition) is 3. The lowest BCUT2D eigenvalue weighted by Crippen LogP contribution is -2.03. The maximum absolute atomic E-state index is 11.4. The minimum atomic E-state index is 0.0607. The molecule has 3 N–H and O–H groups in total. The fraction of sp³-hybridized carbons (Fsp3) is 0.188. The maximum Gasteiger partial charge on any atom is 0.228 e. The molecule has 4 nitrogen and oxygen atoms in total. The number of benzene rings is 2. The summed E-state index contributed by atoms with van der Waals surface area (Å²) in [6, 6.07) is 12.2. The summed E-state index contributed by atoms with van der Waals surface area (Å²) in [5.41, 5.74) is 6.23. The number of carbonyl (C=O) groups is 1. The molecule has 2 aromatic carbocycles. The monoisotopic (exact) mass is 267 g/mol. The summed E-state index contributed by atoms with van der Waals surface area (Å²) in [5, 5.41) is 9.40. The number of nitrogens with one attached hydrogen (secondary N) is 3. The van der Waals surface area contributed by atoms with Gasteiger partial charge < -0.3 is 16.0 Å². The van der Waals surface area contributed by atoms with E-state index in [4.69, 9.17) is 0 Å². The first-order chi connectivity index (χ1) is 9.65. The van der Waals surface area contributed by atoms with Crippen molar-refractivity contribution in [2.75, 3.05) is 23.0 Å². The normalized spacial score (nSPS) is 12.8. The molecule has 0 atom stereocenters. The highest BCUT2D eigenvalue weighted by molar-refractivity contribution is 5.99. The third-order valence-electron chi connectivity index (χ3n) is 3.54. The molecule has 0 spiro atoms. The van der Waals surface area contributed by atoms with Gasteiger partial charge in [-0.3, -0.25) is 4.79 Å². The van der Waals surface area contributed by atoms with Crippen LogP contribution in [0.25, 0.3) is 0 Å². The third-order valence-corrected chi connectivity index (χ3v) is 3.54. The summed E-state index contributed by atoms with van der Waals surface area (Å²) in [6.07, 6.45) is 0.476. The van der Waals surface area contributed by atoms with Gasteiger partial charge in [-0.25, -0.2) is 0 Å². The van der Waals surface area contributed by atoms with E-state index in [-0.39, 0.29) is 5.91 Å². The van der Waals surface area contributed by atoms with Gasteiger partial charge in [-0.05, 0) is 42.3 Å². The van der Waals surface area contributed by atoms with Crippen molar-refractivity contribution in [3.8, 4) is 0 Å². The molecule has 0 bridgehead atoms. The Labute approximate surface area is 118 Å². The zero-order valence-electron chi connectivity index (χ0n) is 11.6. The molecule has 0 fully saturated rings. The van der Waals surface area contributed by atoms with Crippen LogP contribution in [-0.4, -0.2) is 13.0 Å². The van der Waals surface area contributed by atoms with Gasteiger partial charge in [0.25, 0.3) is 0 Å². The molecule has 1 aliphatic rings. The molecule has 0 saturated heterocycles. The van der Waals surface area contributed by atoms with E-state index in [2.05, 4.69) is 35.0 Å². The molecule has 1 amide bonds. The zero-order valence-corrected chi connectivity index (χ0v) is 11.6. The minimum absolute atomic E-state index is 0.0607. The van der Waals surface area contributed by atoms with Gasteiger partial charge in [0, 0.05) is 29.8 Å². The Balaban J connectivity index is 1.89. The molecule has 102 valence electrons. The van der Waals surface area contributed by atoms with Crippen molar-refractivity contribution in [1.29, 1.82) is 0 Å². The number of rotatable bonds is 3. The quantitative estimate of drug-likeness (QED) is 0.800. The SMILES string of the molecule is CNc1ccc(C)c(Nc2ccc3c(c2)NC(=O)C3)c1. The van der Waals surface area contributed by atoms with E-state index in [0.29, 0.717) is 6.42 Å². The van der Waals surface area contributed by atoms with Crippen molar-refractivity contribution in [3.05, 3.63) is 47.5 Å². The molecule has 1 aliphatic heterocycles. The first-order valence-corrected chi connectivity index (χ1v) is 6.64. The van der Waals surface area contributed by atoms with E-state index >= 15 is 0 Å². The summed E-state index contributed by atoms with van der Waals surface area (Å²) in [7, 11) is 1.90. The van der Waals surface area contributed by atoms with Gasteiger partial charge in [0.05, 0.1) is 6.42 Å². The lowest BCUT2D eigenvalue weighted by molar-refractivity contribution is -0.115. The average Bonchev–Trinajstić information content (AvgIpc) is 2.80. The van der Waals surface area contributed by atoms with Crippen LogP contribution < -0.4 is 16.0 Å². The van der Waals surface area contributed by atoms with Crippen LogP contribution in [0, 0.1) is 6.92 Å². The largest absolute Gasteiger partial charge is 0.388 e. The molecule has 0 saturated carbocycles. The molecule has 2 aromatic rings. The Bertz CT molecular complexity index is 679. The van der Waals surface area contributed by atoms with Crippen LogP contribution in [0.5, 0.6) is 0 Å². The predicted molar refractivity (Wildman–Crippen MR) is 82.8 cm³/mol. The van der Waals surface area contributed by atoms with Crippen LogP contribution >= 0.6 is 0 Å². The molecule has 1 heterocycles. The fourth-order valence-electron chi connectivity index (χ4n) is 2.36. The molecular weight excluding hydrogens is 250 g/mol. The number of fused-ring (bicyclic) bond motifs is 1. The second-order valence-corrected chi connectivity index (χ2v) is 5.00. The highest BCUT2D eigenvalue weighted by Gasteiger charge is 2.17. The van der Waals surface area contributed by atoms with Gasteiger partial charge in [-0.2, -0.15) is 0 Å². The molecule has 0 unspecified atom stereocenters. The maximum atomic E-state index is 11.4. The number of carbonyl (C=O) groups excluding carboxylic acids is 1. The van der Waals surface area contributed by atoms with Gasteiger partial charge in [0.15, 0.2) is 0 Å². The molecule has 4 heteroatoms. The zero-order chi connectivity index (χ0) is 14.1. The summed E-state index contributed by atoms with van der Waals surface area (Å²) < 4.78 is 0. The van der Waals surface area contributed by atoms with Crippen LogP contribution in [0.3, 0.4) is 0 Å². The Morgan fingerprint density at radius 1 is 1.10 bits per heavy atom. The van der Waals surface area contributed by atoms with Crippen LogP contribution in [0.4, 0.5) is 22.7 Å². The van der Waals surface area contributed by atoms with E-state index in [1.807, 2.05) is 31.3 Å². The van der Waals surface area contributed by atoms with Crippen molar-refractivity contribution < 1.29 is 4.79 Å². The fourth-order valence-corrected chi connectivity index (χ4v) is 2.36. The van der Waals surface area contributed by atoms with Crippen LogP contribution in [0.2, 0.25) is 0 Å². The Morgan fingerprint density at radius 3 is 2.70 bits per heavy atom. The van der Waals surface area contributed by atoms with E-state index in [9.17, 15) is 4.79 Å². The summed E-state index contributed by atoms with van der Waals surface area (Å²) in [5.74, 6) is 0.0607. The molecule has 3 rings (SSSR count). The highest BCUT2D eigenvalue weighted by Crippen LogP contribution is 2.29. The summed E-state index contributed by atoms with van der Waals surface area (Å²) in [6.45, 7) is 2.07. The number of hydrogen-bond acceptors (Lipinski definition) is 3. The van der Waals surface area contributed by atoms with Gasteiger partial charge in [-0.15, -0.1) is 0 Å². The molecule has 20 heavy (non-hydrogen) atoms. The molecular formula is C16H17N3O. The van der Waals surface area contributed by atoms with Crippen LogP contribution in [0.15, 0.2) is 36.4 Å². The highest BCUT2D eigenvalue weighted by atomic mass is 16.1. The summed E-state index contributed by atoms with van der Waals surface area (Å²) in [4.78, 5) is 11.4. The lowest BCUT2D eigenvalue weighted by Gasteiger charge is -2.12. The second kappa shape index (κ2) is 4.89. The smallest absolute Gasteiger partial charge is 0.228 e. The molecule has 0 aromatic heterocycles. The molecule has 0 aliphatic carbocycles. The van der Waals surface area contributed by atoms with Crippen molar-refractivity contribution in [3.63, 3.8) is 0 Å². The van der Waals surface area contributed by atoms with Crippen LogP contribution in [-0.2, 0) is 11.2 Å². The van der Waals surface area contributed by atoms with Crippen molar-refractivity contribution in [2.45, 2.75) is 13.3 Å². The van der Waals surface area contributed by atoms with E-state index in [1.54, 1.807) is 0 Å². The van der Waals surface area contributed by atoms with Gasteiger partial charge in [0.1, 0.15) is 0 Å². The van der Waals surface area contributed by atoms with Gasteiger partial charge >= 0.3 is 0 Å². The second-order valence-electron chi connectivity index (χ2n) is 5.00. The van der Waals surface area contributed by atoms with Crippen LogP contribution in [0.1, 0.15) is 11.1 Å². The van der Waals surface area contributed by atoms with Crippen molar-refractivity contribution in [1.82, 2.24) is 0 Å². The number of aryl methyl sites for hydroxylation is 1. The van der Waals surface area contributed by atoms with Crippen molar-refractivity contribution in [2.24, 2.45) is 0 Å². The predicted octanol–water partition coefficient (Wildman–Crippen LogP) is 3.27. The van der Waals surface area contributed by atoms with E-state index < -0.39 is 0 Å². The van der Waals surface area contributed by atoms with Gasteiger partial charge in [0.2, 0.25) is 5.91 Å². The van der Waals surface area contributed by atoms with E-state index in [1.165, 1.54) is 5.56 Å². The topological polar surface area (TPSA) is 53.2 Å². The Kier molecular flexibility index (Phi) is 3.06. The average molecular weight is 267 g/mol. The number of amides is 1. The number of anilines is 4. The standard InChI is InChI=1S/C16H17N3O/c1-10-3-5-12(17-2)8-14(10)18-13-6-4-11-7-16(20)19-15(11)9-13/h3-6,8-9,17-18H,7H2,1-2H3,(H,19,20).